The normalized spacial score (nSPS) is 23.8. The van der Waals surface area contributed by atoms with E-state index in [1.54, 1.807) is 8.70 Å². The summed E-state index contributed by atoms with van der Waals surface area (Å²) in [5.74, 6) is 0. The molecule has 1 heterocycles. The number of hydrogen-bond acceptors (Lipinski definition) is 0. The summed E-state index contributed by atoms with van der Waals surface area (Å²) in [7, 11) is -6.55. The van der Waals surface area contributed by atoms with E-state index in [9.17, 15) is 0 Å². The first-order valence-electron chi connectivity index (χ1n) is 20.9. The van der Waals surface area contributed by atoms with Crippen LogP contribution in [0.3, 0.4) is 0 Å². The van der Waals surface area contributed by atoms with E-state index in [-0.39, 0.29) is 0 Å². The number of benzene rings is 6. The zero-order valence-electron chi connectivity index (χ0n) is 32.9. The van der Waals surface area contributed by atoms with Crippen molar-refractivity contribution in [2.75, 3.05) is 0 Å². The van der Waals surface area contributed by atoms with Crippen molar-refractivity contribution in [3.05, 3.63) is 182 Å². The van der Waals surface area contributed by atoms with Gasteiger partial charge in [0.25, 0.3) is 0 Å². The van der Waals surface area contributed by atoms with Gasteiger partial charge in [-0.05, 0) is 0 Å². The van der Waals surface area contributed by atoms with E-state index in [2.05, 4.69) is 182 Å². The summed E-state index contributed by atoms with van der Waals surface area (Å²) in [5.41, 5.74) is 0. The molecular formula is C50H58As6. The van der Waals surface area contributed by atoms with Crippen molar-refractivity contribution in [1.29, 1.82) is 0 Å². The molecule has 0 spiro atoms. The Hall–Kier alpha value is -1.33. The average molecular weight is 1110 g/mol. The fraction of sp³-hybridized carbons (Fsp3) is 0.280. The van der Waals surface area contributed by atoms with E-state index in [1.165, 1.54) is 87.5 Å². The Labute approximate surface area is 358 Å². The van der Waals surface area contributed by atoms with Crippen LogP contribution in [0.25, 0.3) is 0 Å². The van der Waals surface area contributed by atoms with E-state index in [0.717, 1.165) is 0 Å². The molecule has 6 aromatic rings. The Balaban J connectivity index is 1.49. The van der Waals surface area contributed by atoms with Gasteiger partial charge in [-0.15, -0.1) is 0 Å². The third-order valence-electron chi connectivity index (χ3n) is 10.5. The van der Waals surface area contributed by atoms with Crippen LogP contribution < -0.4 is 26.1 Å². The second-order valence-corrected chi connectivity index (χ2v) is 108. The molecule has 0 amide bonds. The molecule has 288 valence electrons. The Morgan fingerprint density at radius 3 is 0.643 bits per heavy atom. The van der Waals surface area contributed by atoms with E-state index >= 15 is 0 Å². The first kappa shape index (κ1) is 42.8. The Morgan fingerprint density at radius 1 is 0.196 bits per heavy atom. The van der Waals surface area contributed by atoms with Crippen molar-refractivity contribution in [2.24, 2.45) is 0 Å². The standard InChI is InChI=1S/C50H58As6/c1-2-4-6-8-10-30-44-52(46-33-19-12-20-34-46)54(48-37-23-14-24-38-48)56(50-41-27-16-28-42-50)55(49-39-25-15-26-40-49)53(47-35-21-13-22-36-47)51(43-29-9-7-5-3-1)45-31-17-11-18-32-45/h11-28,31-42H,1-10,29-30,43-44H2. The van der Waals surface area contributed by atoms with E-state index < -0.39 is 67.2 Å². The zero-order chi connectivity index (χ0) is 38.0. The van der Waals surface area contributed by atoms with Gasteiger partial charge < -0.3 is 0 Å². The topological polar surface area (TPSA) is 0 Å². The molecule has 1 fully saturated rings. The van der Waals surface area contributed by atoms with Gasteiger partial charge in [-0.25, -0.2) is 0 Å². The van der Waals surface area contributed by atoms with Gasteiger partial charge >= 0.3 is 363 Å². The van der Waals surface area contributed by atoms with E-state index in [4.69, 9.17) is 0 Å². The Morgan fingerprint density at radius 2 is 0.393 bits per heavy atom. The molecule has 0 bridgehead atoms. The minimum atomic E-state index is -1.67. The van der Waals surface area contributed by atoms with Gasteiger partial charge in [0.15, 0.2) is 0 Å². The van der Waals surface area contributed by atoms with Crippen LogP contribution in [-0.2, 0) is 0 Å². The fourth-order valence-corrected chi connectivity index (χ4v) is 412. The summed E-state index contributed by atoms with van der Waals surface area (Å²) in [6.07, 6.45) is 17.1. The molecule has 1 aliphatic rings. The summed E-state index contributed by atoms with van der Waals surface area (Å²) in [6.45, 7) is 0. The molecule has 0 aliphatic carbocycles. The van der Waals surface area contributed by atoms with Crippen molar-refractivity contribution in [3.8, 4) is 0 Å². The van der Waals surface area contributed by atoms with Crippen LogP contribution in [-0.4, -0.2) is 67.2 Å². The monoisotopic (exact) mass is 1110 g/mol. The molecule has 6 unspecified atom stereocenters. The van der Waals surface area contributed by atoms with Gasteiger partial charge in [-0.2, -0.15) is 0 Å². The predicted molar refractivity (Wildman–Crippen MR) is 256 cm³/mol. The molecule has 0 N–H and O–H groups in total. The Bertz CT molecular complexity index is 1780. The molecular weight excluding hydrogens is 1050 g/mol. The predicted octanol–water partition coefficient (Wildman–Crippen LogP) is 8.49. The fourth-order valence-electron chi connectivity index (χ4n) is 7.70. The quantitative estimate of drug-likeness (QED) is 0.147. The average Bonchev–Trinajstić information content (AvgIpc) is 3.27. The van der Waals surface area contributed by atoms with Gasteiger partial charge in [0, 0.05) is 0 Å². The maximum absolute atomic E-state index is 2.66. The van der Waals surface area contributed by atoms with Crippen LogP contribution in [0.1, 0.15) is 77.0 Å². The molecule has 0 radical (unpaired) electrons. The van der Waals surface area contributed by atoms with Gasteiger partial charge in [0.1, 0.15) is 0 Å². The molecule has 6 atom stereocenters. The van der Waals surface area contributed by atoms with Crippen LogP contribution in [0.5, 0.6) is 0 Å². The van der Waals surface area contributed by atoms with Crippen LogP contribution in [0, 0.1) is 0 Å². The molecule has 1 aliphatic heterocycles. The van der Waals surface area contributed by atoms with E-state index in [0.29, 0.717) is 0 Å². The minimum absolute atomic E-state index is 1.42. The van der Waals surface area contributed by atoms with Crippen molar-refractivity contribution in [3.63, 3.8) is 0 Å². The molecule has 6 heteroatoms. The molecule has 56 heavy (non-hydrogen) atoms. The van der Waals surface area contributed by atoms with Crippen molar-refractivity contribution in [2.45, 2.75) is 87.5 Å². The first-order chi connectivity index (χ1) is 27.9. The summed E-state index contributed by atoms with van der Waals surface area (Å²) in [6, 6.07) is 74.1. The van der Waals surface area contributed by atoms with Crippen LogP contribution >= 0.6 is 0 Å². The molecule has 0 aromatic heterocycles. The van der Waals surface area contributed by atoms with Gasteiger partial charge in [-0.1, -0.05) is 0 Å². The SMILES string of the molecule is c1ccc([As]2CCCCCCCCCCCCCC[As](c3ccccc3)[As](c3ccccc3)[As](c3ccccc3)[As](c3ccccc3)[As]2c2ccccc2)cc1. The van der Waals surface area contributed by atoms with Gasteiger partial charge in [0.2, 0.25) is 0 Å². The van der Waals surface area contributed by atoms with Gasteiger partial charge in [-0.3, -0.25) is 0 Å². The third-order valence-corrected chi connectivity index (χ3v) is 218. The van der Waals surface area contributed by atoms with Crippen molar-refractivity contribution >= 4 is 93.4 Å². The summed E-state index contributed by atoms with van der Waals surface area (Å²) in [4.78, 5) is 0. The number of rotatable bonds is 6. The van der Waals surface area contributed by atoms with Crippen LogP contribution in [0.2, 0.25) is 10.4 Å². The number of hydrogen-bond donors (Lipinski definition) is 0. The second kappa shape index (κ2) is 24.1. The maximum atomic E-state index is 2.66. The van der Waals surface area contributed by atoms with E-state index in [1.807, 2.05) is 17.4 Å². The molecule has 0 saturated carbocycles. The van der Waals surface area contributed by atoms with Crippen molar-refractivity contribution < 1.29 is 0 Å². The molecule has 0 nitrogen and oxygen atoms in total. The molecule has 1 saturated heterocycles. The summed E-state index contributed by atoms with van der Waals surface area (Å²) in [5, 5.41) is 2.97. The van der Waals surface area contributed by atoms with Crippen molar-refractivity contribution in [1.82, 2.24) is 0 Å². The zero-order valence-corrected chi connectivity index (χ0v) is 44.2. The third kappa shape index (κ3) is 12.1. The Kier molecular flexibility index (Phi) is 18.4. The summed E-state index contributed by atoms with van der Waals surface area (Å²) < 4.78 is 10.8. The first-order valence-corrected chi connectivity index (χ1v) is 55.2. The summed E-state index contributed by atoms with van der Waals surface area (Å²) >= 11 is -2.96. The van der Waals surface area contributed by atoms with Gasteiger partial charge in [0.05, 0.1) is 0 Å². The molecule has 6 aromatic carbocycles. The molecule has 7 rings (SSSR count). The van der Waals surface area contributed by atoms with Crippen LogP contribution in [0.15, 0.2) is 182 Å². The second-order valence-electron chi connectivity index (χ2n) is 14.7. The van der Waals surface area contributed by atoms with Crippen LogP contribution in [0.4, 0.5) is 0 Å².